The first-order valence-corrected chi connectivity index (χ1v) is 7.54. The van der Waals surface area contributed by atoms with E-state index in [-0.39, 0.29) is 0 Å². The number of hydrogen-bond acceptors (Lipinski definition) is 2. The summed E-state index contributed by atoms with van der Waals surface area (Å²) >= 11 is 19.9. The average Bonchev–Trinajstić information content (AvgIpc) is 2.90. The van der Waals surface area contributed by atoms with E-state index in [2.05, 4.69) is 26.1 Å². The van der Waals surface area contributed by atoms with Crippen molar-refractivity contribution in [2.24, 2.45) is 0 Å². The van der Waals surface area contributed by atoms with Crippen LogP contribution in [-0.4, -0.2) is 30.8 Å². The largest absolute Gasteiger partial charge is 0.270 e. The molecule has 0 fully saturated rings. The molecule has 100 valence electrons. The maximum Gasteiger partial charge on any atom is 0.0785 e. The van der Waals surface area contributed by atoms with Gasteiger partial charge in [0.05, 0.1) is 35.5 Å². The lowest BCUT2D eigenvalue weighted by Gasteiger charge is -1.92. The molecule has 2 aromatic heterocycles. The van der Waals surface area contributed by atoms with Crippen molar-refractivity contribution in [1.29, 1.82) is 0 Å². The average molecular weight is 374 g/mol. The zero-order valence-electron chi connectivity index (χ0n) is 9.44. The molecule has 0 spiro atoms. The van der Waals surface area contributed by atoms with E-state index in [1.54, 1.807) is 34.2 Å². The molecule has 0 aromatic carbocycles. The van der Waals surface area contributed by atoms with Crippen LogP contribution in [0.15, 0.2) is 24.8 Å². The van der Waals surface area contributed by atoms with Crippen LogP contribution in [0.5, 0.6) is 0 Å². The Morgan fingerprint density at radius 1 is 1.00 bits per heavy atom. The van der Waals surface area contributed by atoms with Crippen LogP contribution >= 0.6 is 50.7 Å². The molecule has 0 bridgehead atoms. The van der Waals surface area contributed by atoms with Gasteiger partial charge in [-0.15, -0.1) is 11.6 Å². The lowest BCUT2D eigenvalue weighted by atomic mass is 10.7. The first-order chi connectivity index (χ1) is 8.65. The van der Waals surface area contributed by atoms with Gasteiger partial charge in [-0.2, -0.15) is 10.2 Å². The highest BCUT2D eigenvalue weighted by Gasteiger charge is 1.92. The fourth-order valence-electron chi connectivity index (χ4n) is 1.09. The third-order valence-electron chi connectivity index (χ3n) is 1.83. The maximum absolute atomic E-state index is 5.60. The summed E-state index contributed by atoms with van der Waals surface area (Å²) in [6.07, 6.45) is 6.76. The second-order valence-corrected chi connectivity index (χ2v) is 5.27. The number of aryl methyl sites for hydroxylation is 2. The topological polar surface area (TPSA) is 35.6 Å². The molecule has 0 unspecified atom stereocenters. The molecule has 18 heavy (non-hydrogen) atoms. The van der Waals surface area contributed by atoms with Gasteiger partial charge >= 0.3 is 0 Å². The van der Waals surface area contributed by atoms with Gasteiger partial charge in [-0.05, 0) is 0 Å². The van der Waals surface area contributed by atoms with Gasteiger partial charge in [0, 0.05) is 23.6 Å². The van der Waals surface area contributed by atoms with E-state index in [0.717, 1.165) is 11.9 Å². The normalized spacial score (nSPS) is 10.0. The smallest absolute Gasteiger partial charge is 0.0785 e. The molecule has 0 saturated heterocycles. The molecule has 2 aromatic rings. The quantitative estimate of drug-likeness (QED) is 0.765. The third-order valence-corrected chi connectivity index (χ3v) is 2.74. The Hall–Kier alpha value is -0.230. The van der Waals surface area contributed by atoms with Gasteiger partial charge in [0.2, 0.25) is 0 Å². The van der Waals surface area contributed by atoms with E-state index in [9.17, 15) is 0 Å². The SMILES string of the molecule is ClCCn1cc(Cl)cn1.Clc1cnn(CCBr)c1. The number of alkyl halides is 2. The van der Waals surface area contributed by atoms with E-state index < -0.39 is 0 Å². The van der Waals surface area contributed by atoms with Crippen LogP contribution in [-0.2, 0) is 13.1 Å². The van der Waals surface area contributed by atoms with Crippen LogP contribution in [0.25, 0.3) is 0 Å². The molecule has 4 nitrogen and oxygen atoms in total. The van der Waals surface area contributed by atoms with E-state index in [4.69, 9.17) is 34.8 Å². The molecule has 0 aliphatic heterocycles. The molecule has 0 amide bonds. The highest BCUT2D eigenvalue weighted by molar-refractivity contribution is 9.09. The molecule has 0 atom stereocenters. The Kier molecular flexibility index (Phi) is 7.74. The van der Waals surface area contributed by atoms with Crippen molar-refractivity contribution in [2.45, 2.75) is 13.1 Å². The van der Waals surface area contributed by atoms with E-state index in [1.807, 2.05) is 0 Å². The summed E-state index contributed by atoms with van der Waals surface area (Å²) in [6.45, 7) is 1.58. The molecule has 8 heteroatoms. The van der Waals surface area contributed by atoms with E-state index in [0.29, 0.717) is 22.5 Å². The fraction of sp³-hybridized carbons (Fsp3) is 0.400. The van der Waals surface area contributed by atoms with Crippen LogP contribution in [0.1, 0.15) is 0 Å². The number of hydrogen-bond donors (Lipinski definition) is 0. The number of aromatic nitrogens is 4. The zero-order valence-corrected chi connectivity index (χ0v) is 13.3. The molecule has 2 rings (SSSR count). The Bertz CT molecular complexity index is 415. The summed E-state index contributed by atoms with van der Waals surface area (Å²) in [4.78, 5) is 0. The maximum atomic E-state index is 5.60. The summed E-state index contributed by atoms with van der Waals surface area (Å²) in [5.74, 6) is 0.567. The van der Waals surface area contributed by atoms with Crippen molar-refractivity contribution in [1.82, 2.24) is 19.6 Å². The minimum absolute atomic E-state index is 0.567. The number of halogens is 4. The Morgan fingerprint density at radius 2 is 1.50 bits per heavy atom. The summed E-state index contributed by atoms with van der Waals surface area (Å²) < 4.78 is 3.49. The minimum Gasteiger partial charge on any atom is -0.270 e. The van der Waals surface area contributed by atoms with E-state index in [1.165, 1.54) is 0 Å². The standard InChI is InChI=1S/C5H6BrClN2.C5H6Cl2N2/c2*6-1-2-9-4-5(7)3-8-9/h2*3-4H,1-2H2. The number of nitrogens with zero attached hydrogens (tertiary/aromatic N) is 4. The summed E-state index contributed by atoms with van der Waals surface area (Å²) in [5.41, 5.74) is 0. The molecule has 2 heterocycles. The van der Waals surface area contributed by atoms with Gasteiger partial charge in [-0.25, -0.2) is 0 Å². The van der Waals surface area contributed by atoms with Gasteiger partial charge in [0.15, 0.2) is 0 Å². The van der Waals surface area contributed by atoms with Gasteiger partial charge < -0.3 is 0 Å². The molecule has 0 radical (unpaired) electrons. The summed E-state index contributed by atoms with van der Waals surface area (Å²) in [7, 11) is 0. The first-order valence-electron chi connectivity index (χ1n) is 5.13. The summed E-state index contributed by atoms with van der Waals surface area (Å²) in [6, 6.07) is 0. The van der Waals surface area contributed by atoms with E-state index >= 15 is 0 Å². The Balaban J connectivity index is 0.000000180. The minimum atomic E-state index is 0.567. The van der Waals surface area contributed by atoms with Gasteiger partial charge in [-0.1, -0.05) is 39.1 Å². The van der Waals surface area contributed by atoms with Gasteiger partial charge in [-0.3, -0.25) is 9.36 Å². The lowest BCUT2D eigenvalue weighted by Crippen LogP contribution is -1.97. The molecular weight excluding hydrogens is 362 g/mol. The zero-order chi connectivity index (χ0) is 13.4. The third kappa shape index (κ3) is 6.09. The second kappa shape index (κ2) is 8.80. The number of rotatable bonds is 4. The molecular formula is C10H12BrCl3N4. The first kappa shape index (κ1) is 15.8. The predicted molar refractivity (Wildman–Crippen MR) is 79.0 cm³/mol. The Labute approximate surface area is 129 Å². The van der Waals surface area contributed by atoms with Crippen LogP contribution < -0.4 is 0 Å². The van der Waals surface area contributed by atoms with Crippen molar-refractivity contribution in [3.8, 4) is 0 Å². The van der Waals surface area contributed by atoms with Gasteiger partial charge in [0.1, 0.15) is 0 Å². The van der Waals surface area contributed by atoms with Crippen molar-refractivity contribution in [3.63, 3.8) is 0 Å². The van der Waals surface area contributed by atoms with Crippen molar-refractivity contribution < 1.29 is 0 Å². The van der Waals surface area contributed by atoms with Crippen molar-refractivity contribution >= 4 is 50.7 Å². The molecule has 0 aliphatic carbocycles. The van der Waals surface area contributed by atoms with Crippen LogP contribution in [0, 0.1) is 0 Å². The molecule has 0 aliphatic rings. The van der Waals surface area contributed by atoms with Crippen LogP contribution in [0.2, 0.25) is 10.0 Å². The fourth-order valence-corrected chi connectivity index (χ4v) is 1.94. The highest BCUT2D eigenvalue weighted by Crippen LogP contribution is 2.04. The highest BCUT2D eigenvalue weighted by atomic mass is 79.9. The lowest BCUT2D eigenvalue weighted by molar-refractivity contribution is 0.664. The molecule has 0 saturated carbocycles. The Morgan fingerprint density at radius 3 is 1.83 bits per heavy atom. The van der Waals surface area contributed by atoms with Gasteiger partial charge in [0.25, 0.3) is 0 Å². The second-order valence-electron chi connectivity index (χ2n) is 3.22. The summed E-state index contributed by atoms with van der Waals surface area (Å²) in [5, 5.41) is 10.1. The van der Waals surface area contributed by atoms with Crippen molar-refractivity contribution in [2.75, 3.05) is 11.2 Å². The monoisotopic (exact) mass is 372 g/mol. The van der Waals surface area contributed by atoms with Crippen LogP contribution in [0.3, 0.4) is 0 Å². The molecule has 0 N–H and O–H groups in total. The van der Waals surface area contributed by atoms with Crippen molar-refractivity contribution in [3.05, 3.63) is 34.8 Å². The van der Waals surface area contributed by atoms with Crippen LogP contribution in [0.4, 0.5) is 0 Å². The predicted octanol–water partition coefficient (Wildman–Crippen LogP) is 3.71.